The van der Waals surface area contributed by atoms with Crippen molar-refractivity contribution in [3.05, 3.63) is 83.9 Å². The minimum Gasteiger partial charge on any atom is -0.394 e. The number of ether oxygens (including phenoxy) is 1. The predicted molar refractivity (Wildman–Crippen MR) is 445 cm³/mol. The summed E-state index contributed by atoms with van der Waals surface area (Å²) < 4.78 is 5.23. The van der Waals surface area contributed by atoms with Crippen LogP contribution >= 0.6 is 0 Å². The Morgan fingerprint density at radius 2 is 0.606 bits per heavy atom. The van der Waals surface area contributed by atoms with Crippen LogP contribution in [0, 0.1) is 23.7 Å². The predicted octanol–water partition coefficient (Wildman–Crippen LogP) is 15.2. The van der Waals surface area contributed by atoms with Crippen molar-refractivity contribution in [2.75, 3.05) is 62.0 Å². The minimum absolute atomic E-state index is 0. The van der Waals surface area contributed by atoms with Crippen molar-refractivity contribution >= 4 is 73.8 Å². The Morgan fingerprint density at radius 3 is 0.667 bits per heavy atom. The molecule has 1 aliphatic rings. The second-order valence-corrected chi connectivity index (χ2v) is 18.1. The van der Waals surface area contributed by atoms with Crippen LogP contribution in [-0.4, -0.2) is 157 Å². The number of allylic oxidation sites excluding steroid dienone is 2. The number of hydrogen-bond donors (Lipinski definition) is 11. The van der Waals surface area contributed by atoms with E-state index < -0.39 is 0 Å². The molecule has 1 heterocycles. The topological polar surface area (TPSA) is 517 Å². The van der Waals surface area contributed by atoms with Crippen LogP contribution in [0.25, 0.3) is 0 Å². The van der Waals surface area contributed by atoms with Gasteiger partial charge in [-0.2, -0.15) is 0 Å². The SMILES string of the molecule is C/C=C\CC.C=O.C=O.C=O.C=O.C=O.C=O.C=O.C=O.C=O.C=O.CC.CC(=O)N1CCCCC1.CC(C)O.CCC(C)C.CCC(C)C.CCC(C)C.CCC(C)C.CCOC(C)(C)C.CCc1ccccc1.CCc1ccccc1.CN.CN.CN.CN.CN.CN.N.N.N.N. The van der Waals surface area contributed by atoms with E-state index in [0.717, 1.165) is 62.6 Å². The average molecular weight is 1450 g/mol. The molecule has 0 aliphatic carbocycles. The zero-order valence-corrected chi connectivity index (χ0v) is 71.2. The number of aryl methyl sites for hydroxylation is 2. The molecule has 25 N–H and O–H groups in total. The normalized spacial score (nSPS) is 7.77. The van der Waals surface area contributed by atoms with Gasteiger partial charge in [0.15, 0.2) is 0 Å². The van der Waals surface area contributed by atoms with Crippen molar-refractivity contribution in [1.29, 1.82) is 0 Å². The van der Waals surface area contributed by atoms with Crippen LogP contribution in [0.1, 0.15) is 236 Å². The lowest BCUT2D eigenvalue weighted by atomic mass is 10.1. The molecule has 0 unspecified atom stereocenters. The summed E-state index contributed by atoms with van der Waals surface area (Å²) in [4.78, 5) is 92.6. The number of piperidine rings is 1. The second-order valence-electron chi connectivity index (χ2n) is 18.1. The molecule has 0 atom stereocenters. The lowest BCUT2D eigenvalue weighted by Crippen LogP contribution is -2.33. The van der Waals surface area contributed by atoms with E-state index in [1.165, 1.54) is 98.4 Å². The van der Waals surface area contributed by atoms with Gasteiger partial charge in [0.05, 0.1) is 5.60 Å². The van der Waals surface area contributed by atoms with Gasteiger partial charge in [0.25, 0.3) is 0 Å². The van der Waals surface area contributed by atoms with Crippen molar-refractivity contribution in [3.63, 3.8) is 0 Å². The van der Waals surface area contributed by atoms with Crippen molar-refractivity contribution in [2.45, 2.75) is 249 Å². The van der Waals surface area contributed by atoms with Crippen molar-refractivity contribution in [3.8, 4) is 0 Å². The lowest BCUT2D eigenvalue weighted by Gasteiger charge is -2.24. The third-order valence-corrected chi connectivity index (χ3v) is 8.62. The average Bonchev–Trinajstić information content (AvgIpc) is 1.91. The smallest absolute Gasteiger partial charge is 0.219 e. The van der Waals surface area contributed by atoms with Gasteiger partial charge >= 0.3 is 0 Å². The molecule has 1 aliphatic heterocycles. The first-order valence-corrected chi connectivity index (χ1v) is 32.1. The van der Waals surface area contributed by atoms with Crippen LogP contribution in [0.4, 0.5) is 0 Å². The summed E-state index contributed by atoms with van der Waals surface area (Å²) in [7, 11) is 9.00. The van der Waals surface area contributed by atoms with E-state index in [4.69, 9.17) is 57.8 Å². The van der Waals surface area contributed by atoms with Gasteiger partial charge in [-0.25, -0.2) is 0 Å². The van der Waals surface area contributed by atoms with Gasteiger partial charge in [-0.3, -0.25) is 4.79 Å². The fraction of sp³-hybridized carbons (Fsp3) is 0.667. The zero-order chi connectivity index (χ0) is 83.1. The Labute approximate surface area is 616 Å². The summed E-state index contributed by atoms with van der Waals surface area (Å²) in [6.45, 7) is 75.1. The van der Waals surface area contributed by atoms with E-state index in [0.29, 0.717) is 0 Å². The van der Waals surface area contributed by atoms with E-state index in [1.54, 1.807) is 20.8 Å². The van der Waals surface area contributed by atoms with Crippen LogP contribution in [0.3, 0.4) is 0 Å². The van der Waals surface area contributed by atoms with E-state index in [9.17, 15) is 4.79 Å². The van der Waals surface area contributed by atoms with Gasteiger partial charge in [0, 0.05) is 32.7 Å². The number of rotatable bonds is 8. The molecular formula is C75H181N11O13. The Kier molecular flexibility index (Phi) is 511. The third kappa shape index (κ3) is 467. The number of likely N-dealkylation sites (tertiary alicyclic amines) is 1. The van der Waals surface area contributed by atoms with E-state index >= 15 is 0 Å². The molecule has 24 heteroatoms. The molecule has 1 saturated heterocycles. The molecular weight excluding hydrogens is 1260 g/mol. The Morgan fingerprint density at radius 1 is 0.434 bits per heavy atom. The first-order valence-electron chi connectivity index (χ1n) is 32.1. The molecule has 3 rings (SSSR count). The monoisotopic (exact) mass is 1440 g/mol. The van der Waals surface area contributed by atoms with Crippen molar-refractivity contribution < 1.29 is 62.6 Å². The van der Waals surface area contributed by atoms with Crippen LogP contribution in [0.15, 0.2) is 72.8 Å². The van der Waals surface area contributed by atoms with E-state index in [1.807, 2.05) is 113 Å². The van der Waals surface area contributed by atoms with Crippen LogP contribution < -0.4 is 59.0 Å². The van der Waals surface area contributed by atoms with E-state index in [-0.39, 0.29) is 42.2 Å². The van der Waals surface area contributed by atoms with Gasteiger partial charge in [0.1, 0.15) is 67.9 Å². The molecule has 2 aromatic carbocycles. The van der Waals surface area contributed by atoms with Crippen molar-refractivity contribution in [2.24, 2.45) is 58.1 Å². The van der Waals surface area contributed by atoms with Crippen molar-refractivity contribution in [1.82, 2.24) is 29.5 Å². The molecule has 0 spiro atoms. The number of benzene rings is 2. The van der Waals surface area contributed by atoms with Crippen LogP contribution in [0.5, 0.6) is 0 Å². The Bertz CT molecular complexity index is 1180. The molecule has 0 aromatic heterocycles. The minimum atomic E-state index is -0.167. The maximum absolute atomic E-state index is 10.7. The highest BCUT2D eigenvalue weighted by molar-refractivity contribution is 5.73. The number of amides is 1. The maximum atomic E-state index is 10.7. The highest BCUT2D eigenvalue weighted by atomic mass is 16.5. The second kappa shape index (κ2) is 271. The number of carbonyl (C=O) groups is 11. The number of aliphatic hydroxyl groups is 1. The number of nitrogens with zero attached hydrogens (tertiary/aromatic N) is 1. The summed E-state index contributed by atoms with van der Waals surface area (Å²) in [6.07, 6.45) is 16.4. The van der Waals surface area contributed by atoms with Gasteiger partial charge < -0.3 is 122 Å². The first kappa shape index (κ1) is 186. The summed E-state index contributed by atoms with van der Waals surface area (Å²) in [5.41, 5.74) is 29.9. The molecule has 1 fully saturated rings. The van der Waals surface area contributed by atoms with Gasteiger partial charge in [-0.15, -0.1) is 0 Å². The molecule has 99 heavy (non-hydrogen) atoms. The van der Waals surface area contributed by atoms with Gasteiger partial charge in [0.2, 0.25) is 5.91 Å². The fourth-order valence-corrected chi connectivity index (χ4v) is 3.30. The standard InChI is InChI=1S/2C8H10.C7H13NO.C6H14O.4C5H12.C5H10.C3H8O.C2H6.6CH5N.10CH2O.4H3N/c2*1-2-8-6-4-3-5-7-8;1-7(9)8-5-3-2-4-6-8;1-5-7-6(2,3)4;4*1-4-5(2)3;1-3-5-4-2;1-3(2)4;17*1-2;;;;/h2*3-7H,2H2,1H3;2-6H2,1H3;5H2,1-4H3;4*5H,4H2,1-3H3;3,5H,4H2,1-2H3;3-4H,1-2H3;1-2H3;6*2H2,1H3;10*1H2;4*1H3/b;;;;;;;;5-3-;;;;;;;;;;;;;;;;;;;;;;. The molecule has 0 radical (unpaired) electrons. The van der Waals surface area contributed by atoms with E-state index in [2.05, 4.69) is 220 Å². The molecule has 24 nitrogen and oxygen atoms in total. The van der Waals surface area contributed by atoms with Gasteiger partial charge in [-0.05, 0) is 164 Å². The third-order valence-electron chi connectivity index (χ3n) is 8.62. The molecule has 1 amide bonds. The lowest BCUT2D eigenvalue weighted by molar-refractivity contribution is -0.129. The summed E-state index contributed by atoms with van der Waals surface area (Å²) in [6, 6.07) is 20.9. The summed E-state index contributed by atoms with van der Waals surface area (Å²) in [5, 5.41) is 8.06. The van der Waals surface area contributed by atoms with Crippen LogP contribution in [0.2, 0.25) is 0 Å². The highest BCUT2D eigenvalue weighted by Crippen LogP contribution is 2.08. The maximum Gasteiger partial charge on any atom is 0.219 e. The zero-order valence-electron chi connectivity index (χ0n) is 71.2. The summed E-state index contributed by atoms with van der Waals surface area (Å²) in [5.74, 6) is 3.77. The Hall–Kier alpha value is -6.13. The molecule has 614 valence electrons. The Balaban J connectivity index is -0.0000000208. The number of aliphatic hydroxyl groups excluding tert-OH is 1. The highest BCUT2D eigenvalue weighted by Gasteiger charge is 2.11. The number of carbonyl (C=O) groups excluding carboxylic acids is 11. The first-order chi connectivity index (χ1) is 45.5. The molecule has 0 bridgehead atoms. The fourth-order valence-electron chi connectivity index (χ4n) is 3.30. The number of nitrogens with two attached hydrogens (primary N) is 6. The quantitative estimate of drug-likeness (QED) is 0.109. The molecule has 0 saturated carbocycles. The van der Waals surface area contributed by atoms with Gasteiger partial charge in [-0.1, -0.05) is 216 Å². The largest absolute Gasteiger partial charge is 0.394 e. The van der Waals surface area contributed by atoms with Crippen LogP contribution in [-0.2, 0) is 70.3 Å². The molecule has 2 aromatic rings. The summed E-state index contributed by atoms with van der Waals surface area (Å²) >= 11 is 0. The number of hydrogen-bond acceptors (Lipinski definition) is 23.